The topological polar surface area (TPSA) is 76.2 Å². The number of aryl methyl sites for hydroxylation is 1. The average molecular weight is 981 g/mol. The Morgan fingerprint density at radius 2 is 1.64 bits per heavy atom. The van der Waals surface area contributed by atoms with Gasteiger partial charge in [0.05, 0.1) is 15.2 Å². The molecule has 2 aliphatic rings. The second kappa shape index (κ2) is 21.2. The van der Waals surface area contributed by atoms with Gasteiger partial charge in [-0.15, -0.1) is 29.1 Å². The van der Waals surface area contributed by atoms with Crippen molar-refractivity contribution in [2.75, 3.05) is 0 Å². The Hall–Kier alpha value is -3.38. The van der Waals surface area contributed by atoms with E-state index in [0.717, 1.165) is 74.4 Å². The molecule has 1 N–H and O–H groups in total. The Labute approximate surface area is 370 Å². The number of hydrogen-bond donors (Lipinski definition) is 1. The number of rotatable bonds is 13. The van der Waals surface area contributed by atoms with E-state index in [2.05, 4.69) is 44.2 Å². The van der Waals surface area contributed by atoms with Gasteiger partial charge in [0, 0.05) is 61.0 Å². The van der Waals surface area contributed by atoms with Crippen LogP contribution < -0.4 is 0 Å². The Morgan fingerprint density at radius 1 is 0.948 bits per heavy atom. The molecule has 2 fully saturated rings. The molecule has 7 heteroatoms. The van der Waals surface area contributed by atoms with Crippen LogP contribution in [0.1, 0.15) is 148 Å². The van der Waals surface area contributed by atoms with Crippen LogP contribution in [0.15, 0.2) is 77.0 Å². The Kier molecular flexibility index (Phi) is 14.2. The van der Waals surface area contributed by atoms with Gasteiger partial charge in [-0.3, -0.25) is 9.78 Å². The number of aromatic nitrogens is 2. The van der Waals surface area contributed by atoms with E-state index >= 15 is 0 Å². The summed E-state index contributed by atoms with van der Waals surface area (Å²) < 4.78 is 50.5. The summed E-state index contributed by atoms with van der Waals surface area (Å²) in [5.41, 5.74) is 4.44. The van der Waals surface area contributed by atoms with Crippen LogP contribution in [0.25, 0.3) is 44.6 Å². The maximum atomic E-state index is 11.7. The van der Waals surface area contributed by atoms with E-state index in [-0.39, 0.29) is 66.5 Å². The molecule has 5 nitrogen and oxygen atoms in total. The zero-order valence-corrected chi connectivity index (χ0v) is 39.0. The molecule has 0 bridgehead atoms. The maximum absolute atomic E-state index is 11.7. The molecule has 313 valence electrons. The number of aliphatic hydroxyl groups excluding tert-OH is 1. The number of benzene rings is 3. The summed E-state index contributed by atoms with van der Waals surface area (Å²) in [5.74, 6) is 0.144. The van der Waals surface area contributed by atoms with E-state index in [9.17, 15) is 11.3 Å². The van der Waals surface area contributed by atoms with Crippen LogP contribution >= 0.6 is 0 Å². The second-order valence-electron chi connectivity index (χ2n) is 16.6. The van der Waals surface area contributed by atoms with Gasteiger partial charge >= 0.3 is 0 Å². The number of carbonyl (C=O) groups excluding carboxylic acids is 1. The quantitative estimate of drug-likeness (QED) is 0.0550. The minimum Gasteiger partial charge on any atom is -0.512 e. The standard InChI is InChI=1S/C38H43N2OSi.C13H24O2.Ir/c1-4-27(5-2)34-25-31(24-30-11-7-8-12-33(30)34)36-37-35(15-18-39-36)40-38(41-37)32-14-13-29(23-26(32)3)28-16-21-42(22-17-28)19-9-6-10-20-42;1-5-10(6-2)12(14)9-13(15)11(7-3)8-4;/h7-8,11-15,18,23,25,27-28H,4-6,9-10,16-17,19-22H2,1-3H3;9-11,14H,5-8H2,1-4H3;/q-1;;/b;12-9-;/i3D3,14D,28D;;. The van der Waals surface area contributed by atoms with Gasteiger partial charge in [0.2, 0.25) is 5.89 Å². The fourth-order valence-corrected chi connectivity index (χ4v) is 14.6. The largest absolute Gasteiger partial charge is 0.512 e. The Morgan fingerprint density at radius 3 is 2.29 bits per heavy atom. The van der Waals surface area contributed by atoms with Crippen LogP contribution in [0.2, 0.25) is 24.2 Å². The third-order valence-electron chi connectivity index (χ3n) is 13.3. The molecule has 0 saturated carbocycles. The van der Waals surface area contributed by atoms with E-state index in [4.69, 9.17) is 19.9 Å². The predicted octanol–water partition coefficient (Wildman–Crippen LogP) is 15.1. The molecule has 2 aromatic heterocycles. The Balaban J connectivity index is 0.000000402. The third kappa shape index (κ3) is 10.3. The van der Waals surface area contributed by atoms with Crippen LogP contribution in [0.3, 0.4) is 0 Å². The summed E-state index contributed by atoms with van der Waals surface area (Å²) in [6, 6.07) is 24.1. The number of carbonyl (C=O) groups is 1. The van der Waals surface area contributed by atoms with Gasteiger partial charge in [0.25, 0.3) is 0 Å². The summed E-state index contributed by atoms with van der Waals surface area (Å²) in [7, 11) is -1.31. The van der Waals surface area contributed by atoms with E-state index in [1.807, 2.05) is 33.8 Å². The number of fused-ring (bicyclic) bond motifs is 2. The number of ketones is 1. The van der Waals surface area contributed by atoms with Gasteiger partial charge in [-0.25, -0.2) is 4.98 Å². The van der Waals surface area contributed by atoms with Gasteiger partial charge in [-0.1, -0.05) is 139 Å². The molecule has 3 aromatic carbocycles. The molecular weight excluding hydrogens is 909 g/mol. The molecule has 7 rings (SSSR count). The van der Waals surface area contributed by atoms with Crippen molar-refractivity contribution in [2.24, 2.45) is 11.8 Å². The average Bonchev–Trinajstić information content (AvgIpc) is 3.70. The molecule has 1 spiro atoms. The molecule has 2 saturated heterocycles. The van der Waals surface area contributed by atoms with E-state index in [1.165, 1.54) is 48.4 Å². The zero-order chi connectivity index (χ0) is 44.8. The minimum absolute atomic E-state index is 0. The second-order valence-corrected chi connectivity index (χ2v) is 21.6. The SMILES string of the molecule is CCC(CC)C(=O)/C=C(\O)C(CC)CC.[2H]c1cc(C2([2H])CC[Si]3(CCCCC3)CC2)cc(C([2H])([2H])[2H])c1-c1nc2ccnc(-c3[c-]c4ccccc4c(C(CC)CC)c3)c2o1.[Ir]. The molecule has 5 aromatic rings. The fraction of sp³-hybridized carbons (Fsp3) is 0.510. The Bertz CT molecular complexity index is 2350. The number of nitrogens with zero attached hydrogens (tertiary/aromatic N) is 2. The van der Waals surface area contributed by atoms with Crippen molar-refractivity contribution in [3.63, 3.8) is 0 Å². The molecule has 2 aliphatic heterocycles. The molecule has 0 amide bonds. The first-order valence-corrected chi connectivity index (χ1v) is 24.8. The van der Waals surface area contributed by atoms with Crippen molar-refractivity contribution in [2.45, 2.75) is 155 Å². The van der Waals surface area contributed by atoms with Crippen LogP contribution in [0.5, 0.6) is 0 Å². The predicted molar refractivity (Wildman–Crippen MR) is 242 cm³/mol. The molecule has 0 unspecified atom stereocenters. The summed E-state index contributed by atoms with van der Waals surface area (Å²) in [6.07, 6.45) is 14.1. The number of oxazole rings is 1. The zero-order valence-electron chi connectivity index (χ0n) is 40.6. The number of allylic oxidation sites excluding steroid dienone is 2. The van der Waals surface area contributed by atoms with Crippen molar-refractivity contribution >= 4 is 35.7 Å². The van der Waals surface area contributed by atoms with Crippen LogP contribution in [0, 0.1) is 24.8 Å². The van der Waals surface area contributed by atoms with E-state index in [0.29, 0.717) is 28.3 Å². The van der Waals surface area contributed by atoms with Gasteiger partial charge in [-0.2, -0.15) is 0 Å². The van der Waals surface area contributed by atoms with Gasteiger partial charge in [-0.05, 0) is 80.4 Å². The van der Waals surface area contributed by atoms with Crippen LogP contribution in [-0.4, -0.2) is 28.9 Å². The van der Waals surface area contributed by atoms with Crippen molar-refractivity contribution in [3.8, 4) is 22.7 Å². The molecule has 58 heavy (non-hydrogen) atoms. The smallest absolute Gasteiger partial charge is 0.226 e. The number of hydrogen-bond acceptors (Lipinski definition) is 5. The molecule has 1 radical (unpaired) electrons. The number of pyridine rings is 1. The summed E-state index contributed by atoms with van der Waals surface area (Å²) in [4.78, 5) is 21.2. The first-order valence-electron chi connectivity index (χ1n) is 24.5. The molecule has 0 aliphatic carbocycles. The summed E-state index contributed by atoms with van der Waals surface area (Å²) in [5, 5.41) is 11.9. The molecule has 0 atom stereocenters. The molecular formula is C51H67IrN2O3Si-. The van der Waals surface area contributed by atoms with Crippen molar-refractivity contribution in [3.05, 3.63) is 95.4 Å². The summed E-state index contributed by atoms with van der Waals surface area (Å²) >= 11 is 0. The van der Waals surface area contributed by atoms with Crippen molar-refractivity contribution in [1.29, 1.82) is 0 Å². The van der Waals surface area contributed by atoms with Crippen molar-refractivity contribution in [1.82, 2.24) is 9.97 Å². The minimum atomic E-state index is -2.51. The normalized spacial score (nSPS) is 17.9. The maximum Gasteiger partial charge on any atom is 0.226 e. The monoisotopic (exact) mass is 981 g/mol. The number of aliphatic hydroxyl groups is 1. The van der Waals surface area contributed by atoms with Gasteiger partial charge in [0.15, 0.2) is 5.78 Å². The van der Waals surface area contributed by atoms with E-state index in [1.54, 1.807) is 24.4 Å². The third-order valence-corrected chi connectivity index (χ3v) is 18.7. The van der Waals surface area contributed by atoms with Crippen LogP contribution in [0.4, 0.5) is 0 Å². The first kappa shape index (κ1) is 38.8. The van der Waals surface area contributed by atoms with Gasteiger partial charge < -0.3 is 9.52 Å². The van der Waals surface area contributed by atoms with Crippen molar-refractivity contribution < 1.29 is 41.3 Å². The van der Waals surface area contributed by atoms with E-state index < -0.39 is 20.8 Å². The molecule has 4 heterocycles. The first-order chi connectivity index (χ1) is 29.6. The fourth-order valence-electron chi connectivity index (χ4n) is 9.44. The van der Waals surface area contributed by atoms with Gasteiger partial charge in [0.1, 0.15) is 11.1 Å². The summed E-state index contributed by atoms with van der Waals surface area (Å²) in [6.45, 7) is 9.98. The van der Waals surface area contributed by atoms with Crippen LogP contribution in [-0.2, 0) is 24.9 Å².